The molecule has 0 spiro atoms. The number of hydrogen-bond donors (Lipinski definition) is 3. The maximum Gasteiger partial charge on any atom is 0.0105 e. The zero-order valence-corrected chi connectivity index (χ0v) is 15.1. The zero-order chi connectivity index (χ0) is 15.3. The first kappa shape index (κ1) is 19.3. The third-order valence-corrected chi connectivity index (χ3v) is 4.94. The lowest BCUT2D eigenvalue weighted by atomic mass is 9.96. The van der Waals surface area contributed by atoms with Gasteiger partial charge in [0.1, 0.15) is 0 Å². The van der Waals surface area contributed by atoms with E-state index in [2.05, 4.69) is 41.6 Å². The van der Waals surface area contributed by atoms with Gasteiger partial charge in [0, 0.05) is 12.6 Å². The van der Waals surface area contributed by atoms with Gasteiger partial charge in [-0.3, -0.25) is 4.72 Å². The lowest BCUT2D eigenvalue weighted by molar-refractivity contribution is 0.223. The van der Waals surface area contributed by atoms with E-state index in [0.717, 1.165) is 13.1 Å². The fraction of sp³-hybridized carbons (Fsp3) is 1.00. The van der Waals surface area contributed by atoms with Gasteiger partial charge in [0.05, 0.1) is 0 Å². The second-order valence-electron chi connectivity index (χ2n) is 6.61. The summed E-state index contributed by atoms with van der Waals surface area (Å²) in [6.45, 7) is 10.6. The van der Waals surface area contributed by atoms with Crippen LogP contribution in [0.2, 0.25) is 0 Å². The number of nitrogens with zero attached hydrogens (tertiary/aromatic N) is 1. The average molecular weight is 316 g/mol. The molecule has 1 aliphatic rings. The molecular formula is C17H37N3S. The van der Waals surface area contributed by atoms with Crippen LogP contribution < -0.4 is 10.0 Å². The molecule has 0 amide bonds. The Bertz CT molecular complexity index is 232. The molecular weight excluding hydrogens is 278 g/mol. The molecule has 0 aromatic rings. The van der Waals surface area contributed by atoms with Crippen LogP contribution in [0, 0.1) is 5.92 Å². The highest BCUT2D eigenvalue weighted by Crippen LogP contribution is 2.14. The van der Waals surface area contributed by atoms with Crippen LogP contribution in [-0.4, -0.2) is 43.7 Å². The Hall–Kier alpha value is 0.230. The first-order valence-electron chi connectivity index (χ1n) is 9.10. The minimum Gasteiger partial charge on any atom is -0.314 e. The summed E-state index contributed by atoms with van der Waals surface area (Å²) in [7, 11) is 0. The summed E-state index contributed by atoms with van der Waals surface area (Å²) in [5.74, 6) is 0.649. The molecule has 0 bridgehead atoms. The van der Waals surface area contributed by atoms with Gasteiger partial charge in [-0.25, -0.2) is 0 Å². The summed E-state index contributed by atoms with van der Waals surface area (Å²) in [4.78, 5) is 2.66. The van der Waals surface area contributed by atoms with Gasteiger partial charge in [-0.15, -0.1) is 0 Å². The summed E-state index contributed by atoms with van der Waals surface area (Å²) in [6, 6.07) is 0.636. The number of hydrogen-bond acceptors (Lipinski definition) is 4. The second-order valence-corrected chi connectivity index (χ2v) is 6.93. The Labute approximate surface area is 138 Å². The summed E-state index contributed by atoms with van der Waals surface area (Å²) < 4.78 is 3.00. The highest BCUT2D eigenvalue weighted by molar-refractivity contribution is 7.78. The molecule has 1 aliphatic heterocycles. The smallest absolute Gasteiger partial charge is 0.0105 e. The molecule has 126 valence electrons. The topological polar surface area (TPSA) is 27.3 Å². The fourth-order valence-electron chi connectivity index (χ4n) is 3.37. The minimum absolute atomic E-state index is 0.636. The third-order valence-electron chi connectivity index (χ3n) is 4.75. The van der Waals surface area contributed by atoms with Crippen molar-refractivity contribution in [1.29, 1.82) is 0 Å². The zero-order valence-electron chi connectivity index (χ0n) is 14.2. The van der Waals surface area contributed by atoms with E-state index < -0.39 is 0 Å². The third kappa shape index (κ3) is 9.07. The highest BCUT2D eigenvalue weighted by Gasteiger charge is 2.15. The van der Waals surface area contributed by atoms with E-state index in [4.69, 9.17) is 0 Å². The molecule has 1 saturated heterocycles. The van der Waals surface area contributed by atoms with Crippen LogP contribution in [0.4, 0.5) is 0 Å². The first-order chi connectivity index (χ1) is 10.3. The monoisotopic (exact) mass is 315 g/mol. The van der Waals surface area contributed by atoms with Crippen LogP contribution in [0.5, 0.6) is 0 Å². The van der Waals surface area contributed by atoms with E-state index in [1.54, 1.807) is 0 Å². The van der Waals surface area contributed by atoms with Gasteiger partial charge in [-0.2, -0.15) is 0 Å². The standard InChI is InChI=1S/C17H37N3S/c1-3-18-17(16(2)15-19-21)11-7-4-5-8-12-20-13-9-6-10-14-20/h16-19,21H,3-15H2,1-2H3. The van der Waals surface area contributed by atoms with E-state index in [0.29, 0.717) is 12.0 Å². The lowest BCUT2D eigenvalue weighted by Crippen LogP contribution is -2.38. The molecule has 1 fully saturated rings. The van der Waals surface area contributed by atoms with Crippen molar-refractivity contribution in [2.24, 2.45) is 5.92 Å². The molecule has 4 heteroatoms. The molecule has 1 rings (SSSR count). The SMILES string of the molecule is CCNC(CCCCCCN1CCCCC1)C(C)CNS. The van der Waals surface area contributed by atoms with Gasteiger partial charge in [0.15, 0.2) is 0 Å². The quantitative estimate of drug-likeness (QED) is 0.380. The Balaban J connectivity index is 2.02. The molecule has 21 heavy (non-hydrogen) atoms. The van der Waals surface area contributed by atoms with Crippen molar-refractivity contribution in [2.45, 2.75) is 71.3 Å². The van der Waals surface area contributed by atoms with Crippen LogP contribution in [0.3, 0.4) is 0 Å². The van der Waals surface area contributed by atoms with E-state index in [9.17, 15) is 0 Å². The number of unbranched alkanes of at least 4 members (excludes halogenated alkanes) is 3. The Morgan fingerprint density at radius 1 is 1.05 bits per heavy atom. The van der Waals surface area contributed by atoms with Crippen LogP contribution in [0.1, 0.15) is 65.2 Å². The van der Waals surface area contributed by atoms with Crippen LogP contribution in [-0.2, 0) is 0 Å². The molecule has 0 aliphatic carbocycles. The Kier molecular flexibility index (Phi) is 11.7. The Morgan fingerprint density at radius 3 is 2.43 bits per heavy atom. The first-order valence-corrected chi connectivity index (χ1v) is 9.55. The van der Waals surface area contributed by atoms with Gasteiger partial charge in [0.2, 0.25) is 0 Å². The molecule has 2 N–H and O–H groups in total. The largest absolute Gasteiger partial charge is 0.314 e. The molecule has 0 saturated carbocycles. The van der Waals surface area contributed by atoms with Crippen LogP contribution in [0.15, 0.2) is 0 Å². The molecule has 3 nitrogen and oxygen atoms in total. The van der Waals surface area contributed by atoms with Crippen molar-refractivity contribution in [3.05, 3.63) is 0 Å². The van der Waals surface area contributed by atoms with Gasteiger partial charge in [-0.1, -0.05) is 52.3 Å². The predicted octanol–water partition coefficient (Wildman–Crippen LogP) is 3.47. The molecule has 2 unspecified atom stereocenters. The minimum atomic E-state index is 0.636. The average Bonchev–Trinajstić information content (AvgIpc) is 2.51. The van der Waals surface area contributed by atoms with Gasteiger partial charge in [-0.05, 0) is 57.8 Å². The molecule has 1 heterocycles. The van der Waals surface area contributed by atoms with Gasteiger partial charge >= 0.3 is 0 Å². The van der Waals surface area contributed by atoms with Crippen LogP contribution >= 0.6 is 12.8 Å². The number of nitrogens with one attached hydrogen (secondary N) is 2. The summed E-state index contributed by atoms with van der Waals surface area (Å²) in [6.07, 6.45) is 11.1. The lowest BCUT2D eigenvalue weighted by Gasteiger charge is -2.26. The van der Waals surface area contributed by atoms with E-state index in [-0.39, 0.29) is 0 Å². The highest BCUT2D eigenvalue weighted by atomic mass is 32.1. The molecule has 0 aromatic carbocycles. The molecule has 2 atom stereocenters. The summed E-state index contributed by atoms with van der Waals surface area (Å²) in [5, 5.41) is 3.63. The van der Waals surface area contributed by atoms with E-state index >= 15 is 0 Å². The summed E-state index contributed by atoms with van der Waals surface area (Å²) >= 11 is 4.13. The normalized spacial score (nSPS) is 19.6. The van der Waals surface area contributed by atoms with E-state index in [1.165, 1.54) is 71.0 Å². The van der Waals surface area contributed by atoms with Crippen molar-refractivity contribution in [3.63, 3.8) is 0 Å². The number of rotatable bonds is 12. The summed E-state index contributed by atoms with van der Waals surface area (Å²) in [5.41, 5.74) is 0. The Morgan fingerprint density at radius 2 is 1.76 bits per heavy atom. The maximum atomic E-state index is 4.13. The second kappa shape index (κ2) is 12.7. The van der Waals surface area contributed by atoms with Crippen molar-refractivity contribution in [2.75, 3.05) is 32.7 Å². The predicted molar refractivity (Wildman–Crippen MR) is 97.0 cm³/mol. The molecule has 0 radical (unpaired) electrons. The van der Waals surface area contributed by atoms with Crippen molar-refractivity contribution >= 4 is 12.8 Å². The van der Waals surface area contributed by atoms with Gasteiger partial charge in [0.25, 0.3) is 0 Å². The molecule has 0 aromatic heterocycles. The van der Waals surface area contributed by atoms with Crippen LogP contribution in [0.25, 0.3) is 0 Å². The number of piperidine rings is 1. The fourth-order valence-corrected chi connectivity index (χ4v) is 3.66. The number of thiol groups is 1. The maximum absolute atomic E-state index is 4.13. The van der Waals surface area contributed by atoms with Crippen molar-refractivity contribution in [3.8, 4) is 0 Å². The van der Waals surface area contributed by atoms with E-state index in [1.807, 2.05) is 0 Å². The van der Waals surface area contributed by atoms with Gasteiger partial charge < -0.3 is 10.2 Å². The van der Waals surface area contributed by atoms with Crippen molar-refractivity contribution in [1.82, 2.24) is 14.9 Å². The van der Waals surface area contributed by atoms with Crippen molar-refractivity contribution < 1.29 is 0 Å². The number of likely N-dealkylation sites (tertiary alicyclic amines) is 1.